The molecule has 0 aliphatic rings. The van der Waals surface area contributed by atoms with Gasteiger partial charge in [-0.15, -0.1) is 0 Å². The summed E-state index contributed by atoms with van der Waals surface area (Å²) in [7, 11) is 0. The Bertz CT molecular complexity index is 760. The Kier molecular flexibility index (Phi) is 5.66. The van der Waals surface area contributed by atoms with Crippen molar-refractivity contribution in [3.05, 3.63) is 40.1 Å². The zero-order valence-corrected chi connectivity index (χ0v) is 14.5. The third-order valence-electron chi connectivity index (χ3n) is 3.15. The number of halogens is 3. The predicted octanol–water partition coefficient (Wildman–Crippen LogP) is 3.49. The summed E-state index contributed by atoms with van der Waals surface area (Å²) in [6.07, 6.45) is -2.72. The molecule has 2 rings (SSSR count). The average molecular weight is 401 g/mol. The van der Waals surface area contributed by atoms with E-state index in [1.807, 2.05) is 0 Å². The second-order valence-electron chi connectivity index (χ2n) is 5.05. The third kappa shape index (κ3) is 4.38. The first-order chi connectivity index (χ1) is 11.3. The van der Waals surface area contributed by atoms with Crippen LogP contribution in [0.25, 0.3) is 0 Å². The molecule has 1 aromatic heterocycles. The largest absolute Gasteiger partial charge is 0.326 e. The van der Waals surface area contributed by atoms with Crippen LogP contribution in [-0.4, -0.2) is 21.6 Å². The van der Waals surface area contributed by atoms with Crippen molar-refractivity contribution in [1.82, 2.24) is 9.78 Å². The molecule has 0 atom stereocenters. The molecule has 1 aromatic carbocycles. The van der Waals surface area contributed by atoms with E-state index in [2.05, 4.69) is 31.7 Å². The quantitative estimate of drug-likeness (QED) is 0.806. The highest BCUT2D eigenvalue weighted by atomic mass is 79.9. The second-order valence-corrected chi connectivity index (χ2v) is 5.84. The summed E-state index contributed by atoms with van der Waals surface area (Å²) in [4.78, 5) is 23.0. The Morgan fingerprint density at radius 3 is 2.21 bits per heavy atom. The first kappa shape index (κ1) is 18.1. The zero-order chi connectivity index (χ0) is 17.9. The molecule has 2 aromatic rings. The number of nitrogens with zero attached hydrogens (tertiary/aromatic N) is 2. The molecule has 1 heterocycles. The van der Waals surface area contributed by atoms with E-state index in [1.54, 1.807) is 31.2 Å². The molecular formula is C15H15BrF2N4O2. The lowest BCUT2D eigenvalue weighted by atomic mass is 10.2. The van der Waals surface area contributed by atoms with Crippen LogP contribution in [0.2, 0.25) is 0 Å². The number of rotatable bonds is 5. The van der Waals surface area contributed by atoms with Crippen molar-refractivity contribution < 1.29 is 18.4 Å². The smallest absolute Gasteiger partial charge is 0.283 e. The Labute approximate surface area is 145 Å². The monoisotopic (exact) mass is 400 g/mol. The SMILES string of the molecule is CC(=O)Nc1ccc(NC(=O)Cn2nc(C(F)F)c(Br)c2C)cc1. The maximum atomic E-state index is 12.8. The van der Waals surface area contributed by atoms with Gasteiger partial charge < -0.3 is 10.6 Å². The van der Waals surface area contributed by atoms with E-state index in [0.717, 1.165) is 0 Å². The molecule has 128 valence electrons. The number of carbonyl (C=O) groups excluding carboxylic acids is 2. The van der Waals surface area contributed by atoms with E-state index in [4.69, 9.17) is 0 Å². The van der Waals surface area contributed by atoms with Crippen molar-refractivity contribution >= 4 is 39.1 Å². The van der Waals surface area contributed by atoms with Gasteiger partial charge in [-0.05, 0) is 47.1 Å². The van der Waals surface area contributed by atoms with E-state index < -0.39 is 12.3 Å². The fraction of sp³-hybridized carbons (Fsp3) is 0.267. The summed E-state index contributed by atoms with van der Waals surface area (Å²) in [5.41, 5.74) is 1.18. The van der Waals surface area contributed by atoms with Crippen LogP contribution in [0.3, 0.4) is 0 Å². The molecule has 2 N–H and O–H groups in total. The standard InChI is InChI=1S/C15H15BrF2N4O2/c1-8-13(16)14(15(17)18)21-22(8)7-12(24)20-11-5-3-10(4-6-11)19-9(2)23/h3-6,15H,7H2,1-2H3,(H,19,23)(H,20,24). The number of aromatic nitrogens is 2. The Hall–Kier alpha value is -2.29. The normalized spacial score (nSPS) is 10.8. The number of hydrogen-bond donors (Lipinski definition) is 2. The number of alkyl halides is 2. The molecule has 0 aliphatic heterocycles. The molecule has 0 radical (unpaired) electrons. The molecule has 0 saturated carbocycles. The minimum absolute atomic E-state index is 0.190. The van der Waals surface area contributed by atoms with E-state index in [0.29, 0.717) is 17.1 Å². The summed E-state index contributed by atoms with van der Waals surface area (Å²) >= 11 is 3.06. The minimum Gasteiger partial charge on any atom is -0.326 e. The number of anilines is 2. The molecule has 0 unspecified atom stereocenters. The van der Waals surface area contributed by atoms with Crippen molar-refractivity contribution in [1.29, 1.82) is 0 Å². The summed E-state index contributed by atoms with van der Waals surface area (Å²) in [5.74, 6) is -0.595. The van der Waals surface area contributed by atoms with Crippen LogP contribution < -0.4 is 10.6 Å². The van der Waals surface area contributed by atoms with Crippen molar-refractivity contribution in [3.8, 4) is 0 Å². The lowest BCUT2D eigenvalue weighted by Crippen LogP contribution is -2.20. The van der Waals surface area contributed by atoms with Gasteiger partial charge in [0.05, 0.1) is 10.2 Å². The highest BCUT2D eigenvalue weighted by molar-refractivity contribution is 9.10. The Balaban J connectivity index is 2.03. The van der Waals surface area contributed by atoms with Crippen molar-refractivity contribution in [2.24, 2.45) is 0 Å². The van der Waals surface area contributed by atoms with Crippen LogP contribution in [0.5, 0.6) is 0 Å². The Morgan fingerprint density at radius 1 is 1.21 bits per heavy atom. The first-order valence-corrected chi connectivity index (χ1v) is 7.75. The van der Waals surface area contributed by atoms with Gasteiger partial charge in [-0.2, -0.15) is 5.10 Å². The zero-order valence-electron chi connectivity index (χ0n) is 12.9. The van der Waals surface area contributed by atoms with Gasteiger partial charge in [0.25, 0.3) is 6.43 Å². The summed E-state index contributed by atoms with van der Waals surface area (Å²) in [6, 6.07) is 6.53. The maximum Gasteiger partial charge on any atom is 0.283 e. The summed E-state index contributed by atoms with van der Waals surface area (Å²) in [5, 5.41) is 9.00. The number of benzene rings is 1. The summed E-state index contributed by atoms with van der Waals surface area (Å²) in [6.45, 7) is 2.80. The number of nitrogens with one attached hydrogen (secondary N) is 2. The van der Waals surface area contributed by atoms with Gasteiger partial charge in [-0.1, -0.05) is 0 Å². The van der Waals surface area contributed by atoms with Gasteiger partial charge in [0.2, 0.25) is 11.8 Å². The lowest BCUT2D eigenvalue weighted by Gasteiger charge is -2.08. The van der Waals surface area contributed by atoms with E-state index >= 15 is 0 Å². The Morgan fingerprint density at radius 2 is 1.75 bits per heavy atom. The van der Waals surface area contributed by atoms with Gasteiger partial charge in [0, 0.05) is 18.3 Å². The van der Waals surface area contributed by atoms with Crippen LogP contribution in [0.1, 0.15) is 24.7 Å². The average Bonchev–Trinajstić information content (AvgIpc) is 2.77. The number of carbonyl (C=O) groups is 2. The van der Waals surface area contributed by atoms with Crippen molar-refractivity contribution in [2.75, 3.05) is 10.6 Å². The van der Waals surface area contributed by atoms with Gasteiger partial charge in [-0.3, -0.25) is 14.3 Å². The molecule has 2 amide bonds. The topological polar surface area (TPSA) is 76.0 Å². The number of hydrogen-bond acceptors (Lipinski definition) is 3. The van der Waals surface area contributed by atoms with E-state index in [1.165, 1.54) is 11.6 Å². The van der Waals surface area contributed by atoms with E-state index in [9.17, 15) is 18.4 Å². The molecule has 0 spiro atoms. The van der Waals surface area contributed by atoms with Gasteiger partial charge in [0.1, 0.15) is 12.2 Å². The second kappa shape index (κ2) is 7.52. The number of amides is 2. The van der Waals surface area contributed by atoms with Crippen LogP contribution in [-0.2, 0) is 16.1 Å². The molecule has 0 fully saturated rings. The van der Waals surface area contributed by atoms with Gasteiger partial charge in [-0.25, -0.2) is 8.78 Å². The van der Waals surface area contributed by atoms with Gasteiger partial charge >= 0.3 is 0 Å². The minimum atomic E-state index is -2.72. The highest BCUT2D eigenvalue weighted by Crippen LogP contribution is 2.28. The predicted molar refractivity (Wildman–Crippen MR) is 89.0 cm³/mol. The molecule has 24 heavy (non-hydrogen) atoms. The van der Waals surface area contributed by atoms with Crippen molar-refractivity contribution in [2.45, 2.75) is 26.8 Å². The molecule has 6 nitrogen and oxygen atoms in total. The lowest BCUT2D eigenvalue weighted by molar-refractivity contribution is -0.117. The fourth-order valence-electron chi connectivity index (χ4n) is 2.02. The van der Waals surface area contributed by atoms with Crippen LogP contribution in [0.4, 0.5) is 20.2 Å². The molecule has 0 aliphatic carbocycles. The van der Waals surface area contributed by atoms with Crippen LogP contribution in [0, 0.1) is 6.92 Å². The highest BCUT2D eigenvalue weighted by Gasteiger charge is 2.21. The molecular weight excluding hydrogens is 386 g/mol. The third-order valence-corrected chi connectivity index (χ3v) is 4.13. The molecule has 0 bridgehead atoms. The fourth-order valence-corrected chi connectivity index (χ4v) is 2.47. The van der Waals surface area contributed by atoms with Crippen molar-refractivity contribution in [3.63, 3.8) is 0 Å². The van der Waals surface area contributed by atoms with Crippen LogP contribution >= 0.6 is 15.9 Å². The van der Waals surface area contributed by atoms with E-state index in [-0.39, 0.29) is 22.6 Å². The molecule has 0 saturated heterocycles. The maximum absolute atomic E-state index is 12.8. The van der Waals surface area contributed by atoms with Gasteiger partial charge in [0.15, 0.2) is 0 Å². The molecule has 9 heteroatoms. The summed E-state index contributed by atoms with van der Waals surface area (Å²) < 4.78 is 27.0. The first-order valence-electron chi connectivity index (χ1n) is 6.96. The van der Waals surface area contributed by atoms with Crippen LogP contribution in [0.15, 0.2) is 28.7 Å².